The summed E-state index contributed by atoms with van der Waals surface area (Å²) < 4.78 is 0. The number of fused-ring (bicyclic) bond motifs is 1. The van der Waals surface area contributed by atoms with Crippen LogP contribution in [0.15, 0.2) is 42.5 Å². The smallest absolute Gasteiger partial charge is 0.133 e. The Kier molecular flexibility index (Phi) is 2.29. The first-order valence-corrected chi connectivity index (χ1v) is 6.19. The maximum atomic E-state index is 11.6. The number of hydrogen-bond donors (Lipinski definition) is 0. The van der Waals surface area contributed by atoms with E-state index >= 15 is 0 Å². The number of Topliss-reactive ketones (excluding diaryl/α,β-unsaturated/α-hetero) is 1. The Labute approximate surface area is 101 Å². The predicted octanol–water partition coefficient (Wildman–Crippen LogP) is 3.85. The molecule has 0 aliphatic heterocycles. The van der Waals surface area contributed by atoms with Gasteiger partial charge in [0, 0.05) is 18.3 Å². The second-order valence-corrected chi connectivity index (χ2v) is 5.30. The number of hydrogen-bond acceptors (Lipinski definition) is 1. The third kappa shape index (κ3) is 1.66. The van der Waals surface area contributed by atoms with Crippen molar-refractivity contribution in [2.24, 2.45) is 0 Å². The molecule has 0 spiro atoms. The summed E-state index contributed by atoms with van der Waals surface area (Å²) in [6, 6.07) is 14.9. The summed E-state index contributed by atoms with van der Waals surface area (Å²) >= 11 is 0. The molecule has 1 fully saturated rings. The third-order valence-electron chi connectivity index (χ3n) is 3.98. The molecule has 86 valence electrons. The van der Waals surface area contributed by atoms with Crippen LogP contribution in [0.25, 0.3) is 10.8 Å². The average Bonchev–Trinajstić information content (AvgIpc) is 2.70. The number of rotatable bonds is 1. The summed E-state index contributed by atoms with van der Waals surface area (Å²) in [6.45, 7) is 2.22. The molecule has 2 aromatic rings. The van der Waals surface area contributed by atoms with Gasteiger partial charge < -0.3 is 0 Å². The minimum absolute atomic E-state index is 0.0396. The maximum Gasteiger partial charge on any atom is 0.133 e. The van der Waals surface area contributed by atoms with E-state index in [4.69, 9.17) is 0 Å². The first kappa shape index (κ1) is 10.5. The van der Waals surface area contributed by atoms with Crippen LogP contribution in [0.2, 0.25) is 0 Å². The van der Waals surface area contributed by atoms with Crippen LogP contribution in [0.3, 0.4) is 0 Å². The van der Waals surface area contributed by atoms with Crippen molar-refractivity contribution in [1.29, 1.82) is 0 Å². The highest BCUT2D eigenvalue weighted by Crippen LogP contribution is 2.41. The molecule has 1 nitrogen and oxygen atoms in total. The zero-order valence-corrected chi connectivity index (χ0v) is 10.1. The van der Waals surface area contributed by atoms with E-state index in [-0.39, 0.29) is 5.41 Å². The van der Waals surface area contributed by atoms with E-state index in [2.05, 4.69) is 49.4 Å². The second kappa shape index (κ2) is 3.69. The van der Waals surface area contributed by atoms with Crippen LogP contribution in [0.4, 0.5) is 0 Å². The SMILES string of the molecule is CC1(c2cccc3ccccc23)CCC(=O)C1. The zero-order valence-electron chi connectivity index (χ0n) is 10.1. The number of carbonyl (C=O) groups excluding carboxylic acids is 1. The molecule has 1 aliphatic carbocycles. The molecule has 1 saturated carbocycles. The molecule has 0 N–H and O–H groups in total. The van der Waals surface area contributed by atoms with Crippen LogP contribution >= 0.6 is 0 Å². The van der Waals surface area contributed by atoms with Gasteiger partial charge in [-0.05, 0) is 22.8 Å². The monoisotopic (exact) mass is 224 g/mol. The van der Waals surface area contributed by atoms with Crippen molar-refractivity contribution in [3.63, 3.8) is 0 Å². The van der Waals surface area contributed by atoms with Crippen LogP contribution in [-0.4, -0.2) is 5.78 Å². The van der Waals surface area contributed by atoms with E-state index < -0.39 is 0 Å². The lowest BCUT2D eigenvalue weighted by atomic mass is 9.78. The van der Waals surface area contributed by atoms with Crippen LogP contribution in [0.5, 0.6) is 0 Å². The number of carbonyl (C=O) groups is 1. The van der Waals surface area contributed by atoms with E-state index in [1.54, 1.807) is 0 Å². The van der Waals surface area contributed by atoms with Gasteiger partial charge in [-0.1, -0.05) is 49.4 Å². The van der Waals surface area contributed by atoms with Crippen molar-refractivity contribution in [2.75, 3.05) is 0 Å². The van der Waals surface area contributed by atoms with Crippen LogP contribution < -0.4 is 0 Å². The molecule has 0 bridgehead atoms. The van der Waals surface area contributed by atoms with Crippen molar-refractivity contribution < 1.29 is 4.79 Å². The summed E-state index contributed by atoms with van der Waals surface area (Å²) in [5.41, 5.74) is 1.37. The van der Waals surface area contributed by atoms with E-state index in [1.165, 1.54) is 16.3 Å². The molecule has 2 aromatic carbocycles. The second-order valence-electron chi connectivity index (χ2n) is 5.30. The highest BCUT2D eigenvalue weighted by molar-refractivity contribution is 5.89. The minimum atomic E-state index is 0.0396. The van der Waals surface area contributed by atoms with E-state index in [0.717, 1.165) is 12.8 Å². The van der Waals surface area contributed by atoms with Crippen LogP contribution in [-0.2, 0) is 10.2 Å². The molecule has 1 atom stereocenters. The maximum absolute atomic E-state index is 11.6. The van der Waals surface area contributed by atoms with Gasteiger partial charge in [-0.25, -0.2) is 0 Å². The Balaban J connectivity index is 2.21. The Morgan fingerprint density at radius 1 is 1.06 bits per heavy atom. The Bertz CT molecular complexity index is 580. The molecule has 1 heteroatoms. The summed E-state index contributed by atoms with van der Waals surface area (Å²) in [6.07, 6.45) is 2.42. The van der Waals surface area contributed by atoms with Crippen molar-refractivity contribution in [1.82, 2.24) is 0 Å². The fourth-order valence-electron chi connectivity index (χ4n) is 3.01. The molecular formula is C16H16O. The molecule has 3 rings (SSSR count). The minimum Gasteiger partial charge on any atom is -0.300 e. The quantitative estimate of drug-likeness (QED) is 0.719. The molecule has 1 unspecified atom stereocenters. The normalized spacial score (nSPS) is 24.4. The van der Waals surface area contributed by atoms with E-state index in [9.17, 15) is 4.79 Å². The number of benzene rings is 2. The summed E-state index contributed by atoms with van der Waals surface area (Å²) in [5, 5.41) is 2.57. The molecule has 0 saturated heterocycles. The fourth-order valence-corrected chi connectivity index (χ4v) is 3.01. The van der Waals surface area contributed by atoms with Gasteiger partial charge in [0.2, 0.25) is 0 Å². The lowest BCUT2D eigenvalue weighted by Crippen LogP contribution is -2.18. The van der Waals surface area contributed by atoms with Gasteiger partial charge in [-0.2, -0.15) is 0 Å². The molecular weight excluding hydrogens is 208 g/mol. The highest BCUT2D eigenvalue weighted by atomic mass is 16.1. The fraction of sp³-hybridized carbons (Fsp3) is 0.312. The molecule has 17 heavy (non-hydrogen) atoms. The van der Waals surface area contributed by atoms with Gasteiger partial charge in [0.25, 0.3) is 0 Å². The van der Waals surface area contributed by atoms with Gasteiger partial charge in [0.05, 0.1) is 0 Å². The van der Waals surface area contributed by atoms with Crippen molar-refractivity contribution in [2.45, 2.75) is 31.6 Å². The summed E-state index contributed by atoms with van der Waals surface area (Å²) in [7, 11) is 0. The van der Waals surface area contributed by atoms with Crippen molar-refractivity contribution in [3.8, 4) is 0 Å². The van der Waals surface area contributed by atoms with Gasteiger partial charge >= 0.3 is 0 Å². The number of ketones is 1. The van der Waals surface area contributed by atoms with Crippen molar-refractivity contribution >= 4 is 16.6 Å². The lowest BCUT2D eigenvalue weighted by Gasteiger charge is -2.25. The largest absolute Gasteiger partial charge is 0.300 e. The van der Waals surface area contributed by atoms with Crippen LogP contribution in [0, 0.1) is 0 Å². The van der Waals surface area contributed by atoms with Crippen molar-refractivity contribution in [3.05, 3.63) is 48.0 Å². The highest BCUT2D eigenvalue weighted by Gasteiger charge is 2.36. The third-order valence-corrected chi connectivity index (χ3v) is 3.98. The van der Waals surface area contributed by atoms with Crippen LogP contribution in [0.1, 0.15) is 31.7 Å². The molecule has 0 amide bonds. The standard InChI is InChI=1S/C16H16O/c1-16(10-9-13(17)11-16)15-8-4-6-12-5-2-3-7-14(12)15/h2-8H,9-11H2,1H3. The Morgan fingerprint density at radius 2 is 1.82 bits per heavy atom. The first-order chi connectivity index (χ1) is 8.19. The van der Waals surface area contributed by atoms with Gasteiger partial charge in [0.1, 0.15) is 5.78 Å². The lowest BCUT2D eigenvalue weighted by molar-refractivity contribution is -0.117. The summed E-state index contributed by atoms with van der Waals surface area (Å²) in [4.78, 5) is 11.6. The topological polar surface area (TPSA) is 17.1 Å². The molecule has 0 heterocycles. The predicted molar refractivity (Wildman–Crippen MR) is 70.2 cm³/mol. The summed E-state index contributed by atoms with van der Waals surface area (Å²) in [5.74, 6) is 0.403. The van der Waals surface area contributed by atoms with Gasteiger partial charge in [-0.3, -0.25) is 4.79 Å². The molecule has 0 radical (unpaired) electrons. The molecule has 0 aromatic heterocycles. The van der Waals surface area contributed by atoms with E-state index in [0.29, 0.717) is 12.2 Å². The first-order valence-electron chi connectivity index (χ1n) is 6.19. The Morgan fingerprint density at radius 3 is 2.59 bits per heavy atom. The molecule has 1 aliphatic rings. The average molecular weight is 224 g/mol. The Hall–Kier alpha value is -1.63. The zero-order chi connectivity index (χ0) is 11.9. The van der Waals surface area contributed by atoms with Gasteiger partial charge in [-0.15, -0.1) is 0 Å². The van der Waals surface area contributed by atoms with E-state index in [1.807, 2.05) is 0 Å². The van der Waals surface area contributed by atoms with Gasteiger partial charge in [0.15, 0.2) is 0 Å².